The molecule has 0 spiro atoms. The van der Waals surface area contributed by atoms with Gasteiger partial charge in [-0.3, -0.25) is 24.9 Å². The van der Waals surface area contributed by atoms with Gasteiger partial charge in [-0.25, -0.2) is 0 Å². The molecule has 0 N–H and O–H groups in total. The molecule has 42 heavy (non-hydrogen) atoms. The number of aryl methyl sites for hydroxylation is 3. The normalized spacial score (nSPS) is 12.4. The molecule has 0 amide bonds. The van der Waals surface area contributed by atoms with Gasteiger partial charge in [0.25, 0.3) is 0 Å². The zero-order chi connectivity index (χ0) is 28.6. The summed E-state index contributed by atoms with van der Waals surface area (Å²) < 4.78 is 0. The van der Waals surface area contributed by atoms with E-state index in [4.69, 9.17) is 0 Å². The molecule has 0 unspecified atom stereocenters. The summed E-state index contributed by atoms with van der Waals surface area (Å²) >= 11 is 0. The number of aromatic nitrogens is 5. The Morgan fingerprint density at radius 1 is 0.524 bits per heavy atom. The zero-order valence-electron chi connectivity index (χ0n) is 24.1. The number of nitrogens with zero attached hydrogens (tertiary/aromatic N) is 5. The van der Waals surface area contributed by atoms with Crippen LogP contribution in [0, 0.1) is 20.8 Å². The first-order valence-corrected chi connectivity index (χ1v) is 14.4. The third-order valence-corrected chi connectivity index (χ3v) is 8.16. The second-order valence-electron chi connectivity index (χ2n) is 11.1. The second kappa shape index (κ2) is 10.7. The first kappa shape index (κ1) is 25.9. The van der Waals surface area contributed by atoms with Crippen molar-refractivity contribution in [3.63, 3.8) is 0 Å². The molecule has 0 bridgehead atoms. The summed E-state index contributed by atoms with van der Waals surface area (Å²) in [4.78, 5) is 22.2. The molecule has 0 saturated heterocycles. The maximum Gasteiger partial charge on any atom is 0.0927 e. The highest BCUT2D eigenvalue weighted by atomic mass is 14.8. The van der Waals surface area contributed by atoms with Gasteiger partial charge in [0.2, 0.25) is 0 Å². The second-order valence-corrected chi connectivity index (χ2v) is 11.1. The maximum atomic E-state index is 4.53. The van der Waals surface area contributed by atoms with Gasteiger partial charge in [0.1, 0.15) is 0 Å². The molecular weight excluding hydrogens is 514 g/mol. The summed E-state index contributed by atoms with van der Waals surface area (Å²) in [5.41, 5.74) is 18.4. The Labute approximate surface area is 246 Å². The van der Waals surface area contributed by atoms with Crippen LogP contribution in [0.4, 0.5) is 0 Å². The molecule has 3 aliphatic carbocycles. The fourth-order valence-electron chi connectivity index (χ4n) is 6.02. The van der Waals surface area contributed by atoms with E-state index in [9.17, 15) is 0 Å². The van der Waals surface area contributed by atoms with E-state index >= 15 is 0 Å². The number of pyridine rings is 5. The molecule has 1 aromatic carbocycles. The van der Waals surface area contributed by atoms with Crippen LogP contribution >= 0.6 is 0 Å². The molecule has 5 aromatic heterocycles. The molecule has 5 heterocycles. The van der Waals surface area contributed by atoms with E-state index in [-0.39, 0.29) is 0 Å². The fourth-order valence-corrected chi connectivity index (χ4v) is 6.02. The van der Waals surface area contributed by atoms with Gasteiger partial charge in [-0.05, 0) is 95.6 Å². The molecule has 204 valence electrons. The maximum absolute atomic E-state index is 4.53. The van der Waals surface area contributed by atoms with Crippen molar-refractivity contribution in [1.82, 2.24) is 24.9 Å². The van der Waals surface area contributed by atoms with Crippen molar-refractivity contribution in [1.29, 1.82) is 0 Å². The van der Waals surface area contributed by atoms with Crippen LogP contribution in [-0.2, 0) is 19.3 Å². The van der Waals surface area contributed by atoms with Gasteiger partial charge in [0, 0.05) is 55.3 Å². The van der Waals surface area contributed by atoms with Crippen molar-refractivity contribution in [3.05, 3.63) is 148 Å². The summed E-state index contributed by atoms with van der Waals surface area (Å²) in [6, 6.07) is 25.3. The third kappa shape index (κ3) is 4.77. The third-order valence-electron chi connectivity index (χ3n) is 8.16. The van der Waals surface area contributed by atoms with Gasteiger partial charge in [-0.2, -0.15) is 0 Å². The lowest BCUT2D eigenvalue weighted by Gasteiger charge is -2.00. The first-order chi connectivity index (χ1) is 20.5. The van der Waals surface area contributed by atoms with Crippen LogP contribution in [0.25, 0.3) is 33.9 Å². The van der Waals surface area contributed by atoms with E-state index in [1.165, 1.54) is 55.8 Å². The summed E-state index contributed by atoms with van der Waals surface area (Å²) in [6.45, 7) is 6.24. The summed E-state index contributed by atoms with van der Waals surface area (Å²) in [5, 5.41) is 0. The largest absolute Gasteiger partial charge is 0.260 e. The van der Waals surface area contributed by atoms with Gasteiger partial charge >= 0.3 is 0 Å². The Morgan fingerprint density at radius 2 is 1.21 bits per heavy atom. The van der Waals surface area contributed by atoms with Crippen LogP contribution in [0.5, 0.6) is 0 Å². The molecule has 0 saturated carbocycles. The van der Waals surface area contributed by atoms with Crippen LogP contribution in [0.15, 0.2) is 97.6 Å². The molecule has 6 aromatic rings. The Morgan fingerprint density at radius 3 is 2.05 bits per heavy atom. The van der Waals surface area contributed by atoms with Gasteiger partial charge in [0.05, 0.1) is 28.5 Å². The summed E-state index contributed by atoms with van der Waals surface area (Å²) in [7, 11) is 0. The van der Waals surface area contributed by atoms with Crippen LogP contribution in [0.3, 0.4) is 0 Å². The van der Waals surface area contributed by atoms with Crippen molar-refractivity contribution in [2.24, 2.45) is 0 Å². The minimum absolute atomic E-state index is 0.978. The average Bonchev–Trinajstić information content (AvgIpc) is 3.70. The minimum Gasteiger partial charge on any atom is -0.260 e. The quantitative estimate of drug-likeness (QED) is 0.196. The highest BCUT2D eigenvalue weighted by Crippen LogP contribution is 2.36. The van der Waals surface area contributed by atoms with E-state index in [1.54, 1.807) is 0 Å². The molecule has 9 rings (SSSR count). The average molecular weight is 546 g/mol. The van der Waals surface area contributed by atoms with Crippen molar-refractivity contribution in [2.75, 3.05) is 0 Å². The first-order valence-electron chi connectivity index (χ1n) is 14.4. The van der Waals surface area contributed by atoms with Crippen LogP contribution < -0.4 is 0 Å². The molecule has 0 fully saturated rings. The van der Waals surface area contributed by atoms with Crippen LogP contribution in [0.2, 0.25) is 0 Å². The van der Waals surface area contributed by atoms with Gasteiger partial charge in [-0.15, -0.1) is 0 Å². The SMILES string of the molecule is Cc1ccc2c(n1)-c1ncccc1C2.Cc1ccnc2c1Cc1cccnc1-2.Cc1cnc2c(c1)-c1ccccc1C2. The molecule has 5 nitrogen and oxygen atoms in total. The van der Waals surface area contributed by atoms with E-state index < -0.39 is 0 Å². The van der Waals surface area contributed by atoms with Gasteiger partial charge in [-0.1, -0.05) is 42.5 Å². The Bertz CT molecular complexity index is 1850. The Hall–Kier alpha value is -5.03. The van der Waals surface area contributed by atoms with Crippen molar-refractivity contribution in [3.8, 4) is 33.9 Å². The number of hydrogen-bond acceptors (Lipinski definition) is 5. The fraction of sp³-hybridized carbons (Fsp3) is 0.162. The predicted molar refractivity (Wildman–Crippen MR) is 167 cm³/mol. The van der Waals surface area contributed by atoms with E-state index in [2.05, 4.69) is 99.4 Å². The zero-order valence-corrected chi connectivity index (χ0v) is 24.1. The summed E-state index contributed by atoms with van der Waals surface area (Å²) in [5.74, 6) is 0. The smallest absolute Gasteiger partial charge is 0.0927 e. The molecule has 5 heteroatoms. The number of rotatable bonds is 0. The monoisotopic (exact) mass is 545 g/mol. The summed E-state index contributed by atoms with van der Waals surface area (Å²) in [6.07, 6.45) is 10.4. The predicted octanol–water partition coefficient (Wildman–Crippen LogP) is 7.67. The van der Waals surface area contributed by atoms with Crippen molar-refractivity contribution in [2.45, 2.75) is 40.0 Å². The Balaban J connectivity index is 0.000000103. The van der Waals surface area contributed by atoms with Crippen molar-refractivity contribution < 1.29 is 0 Å². The molecular formula is C37H31N5. The lowest BCUT2D eigenvalue weighted by atomic mass is 10.1. The minimum atomic E-state index is 0.978. The van der Waals surface area contributed by atoms with Crippen molar-refractivity contribution >= 4 is 0 Å². The van der Waals surface area contributed by atoms with Crippen LogP contribution in [-0.4, -0.2) is 24.9 Å². The van der Waals surface area contributed by atoms with Gasteiger partial charge < -0.3 is 0 Å². The standard InChI is InChI=1S/C13H11N.2C12H10N2/c1-9-6-12-11-5-3-2-4-10(11)7-13(12)14-8-9;1-8-4-5-10-7-9-3-2-6-13-11(9)12(10)14-8;1-8-4-6-14-12-10(8)7-9-3-2-5-13-11(9)12/h2-6,8H,7H2,1H3;2*2-6H,7H2,1H3. The molecule has 0 radical (unpaired) electrons. The van der Waals surface area contributed by atoms with E-state index in [1.807, 2.05) is 43.8 Å². The highest BCUT2D eigenvalue weighted by Gasteiger charge is 2.22. The van der Waals surface area contributed by atoms with Gasteiger partial charge in [0.15, 0.2) is 0 Å². The molecule has 0 atom stereocenters. The topological polar surface area (TPSA) is 64.5 Å². The lowest BCUT2D eigenvalue weighted by Crippen LogP contribution is -1.88. The van der Waals surface area contributed by atoms with E-state index in [0.29, 0.717) is 0 Å². The number of hydrogen-bond donors (Lipinski definition) is 0. The van der Waals surface area contributed by atoms with Crippen LogP contribution in [0.1, 0.15) is 50.3 Å². The Kier molecular flexibility index (Phi) is 6.63. The lowest BCUT2D eigenvalue weighted by molar-refractivity contribution is 1.11. The number of fused-ring (bicyclic) bond motifs is 9. The van der Waals surface area contributed by atoms with E-state index in [0.717, 1.165) is 47.7 Å². The number of benzene rings is 1. The molecule has 3 aliphatic rings. The molecule has 0 aliphatic heterocycles. The highest BCUT2D eigenvalue weighted by molar-refractivity contribution is 5.75.